The van der Waals surface area contributed by atoms with Crippen molar-refractivity contribution in [2.75, 3.05) is 30.4 Å². The zero-order valence-electron chi connectivity index (χ0n) is 10.1. The number of ether oxygens (including phenoxy) is 1. The summed E-state index contributed by atoms with van der Waals surface area (Å²) in [6.45, 7) is 1.77. The highest BCUT2D eigenvalue weighted by Crippen LogP contribution is 2.30. The summed E-state index contributed by atoms with van der Waals surface area (Å²) in [6, 6.07) is 5.45. The minimum absolute atomic E-state index is 0.259. The number of hydrogen-bond acceptors (Lipinski definition) is 4. The topological polar surface area (TPSA) is 58.6 Å². The summed E-state index contributed by atoms with van der Waals surface area (Å²) >= 11 is 0. The first-order chi connectivity index (χ1) is 8.69. The number of nitrogens with one attached hydrogen (secondary N) is 1. The van der Waals surface area contributed by atoms with Gasteiger partial charge in [0.05, 0.1) is 17.4 Å². The zero-order chi connectivity index (χ0) is 12.7. The molecule has 5 heteroatoms. The van der Waals surface area contributed by atoms with Gasteiger partial charge in [-0.2, -0.15) is 0 Å². The molecule has 1 atom stereocenters. The number of hydrogen-bond donors (Lipinski definition) is 1. The van der Waals surface area contributed by atoms with Crippen molar-refractivity contribution in [3.05, 3.63) is 23.8 Å². The van der Waals surface area contributed by atoms with E-state index >= 15 is 0 Å². The summed E-state index contributed by atoms with van der Waals surface area (Å²) in [5.74, 6) is -0.994. The average Bonchev–Trinajstić information content (AvgIpc) is 2.95. The molecule has 0 saturated carbocycles. The molecule has 2 aliphatic rings. The number of amides is 1. The molecule has 1 fully saturated rings. The molecular formula is C13H14N2O3. The van der Waals surface area contributed by atoms with Crippen molar-refractivity contribution >= 4 is 23.1 Å². The van der Waals surface area contributed by atoms with E-state index in [-0.39, 0.29) is 6.10 Å². The Hall–Kier alpha value is -1.88. The first-order valence-electron chi connectivity index (χ1n) is 5.96. The maximum absolute atomic E-state index is 11.5. The van der Waals surface area contributed by atoms with Crippen LogP contribution in [0.1, 0.15) is 16.8 Å². The Morgan fingerprint density at radius 3 is 2.94 bits per heavy atom. The quantitative estimate of drug-likeness (QED) is 0.792. The SMILES string of the molecule is COC1CCN(c2ccc3c(c2)NC(=O)C3=O)C1. The van der Waals surface area contributed by atoms with E-state index in [1.165, 1.54) is 0 Å². The molecule has 0 aliphatic carbocycles. The highest BCUT2D eigenvalue weighted by atomic mass is 16.5. The van der Waals surface area contributed by atoms with Crippen molar-refractivity contribution < 1.29 is 14.3 Å². The number of rotatable bonds is 2. The van der Waals surface area contributed by atoms with Gasteiger partial charge in [-0.3, -0.25) is 9.59 Å². The third-order valence-corrected chi connectivity index (χ3v) is 3.55. The van der Waals surface area contributed by atoms with Crippen molar-refractivity contribution in [2.45, 2.75) is 12.5 Å². The van der Waals surface area contributed by atoms with Gasteiger partial charge in [-0.25, -0.2) is 0 Å². The molecule has 0 bridgehead atoms. The van der Waals surface area contributed by atoms with E-state index < -0.39 is 11.7 Å². The number of benzene rings is 1. The predicted molar refractivity (Wildman–Crippen MR) is 67.0 cm³/mol. The normalized spacial score (nSPS) is 22.3. The lowest BCUT2D eigenvalue weighted by atomic mass is 10.1. The molecule has 3 rings (SSSR count). The van der Waals surface area contributed by atoms with Crippen LogP contribution in [0.3, 0.4) is 0 Å². The molecule has 1 saturated heterocycles. The number of anilines is 2. The summed E-state index contributed by atoms with van der Waals surface area (Å²) in [6.07, 6.45) is 1.26. The second kappa shape index (κ2) is 4.10. The van der Waals surface area contributed by atoms with Crippen LogP contribution in [0.25, 0.3) is 0 Å². The van der Waals surface area contributed by atoms with Crippen LogP contribution in [0.15, 0.2) is 18.2 Å². The second-order valence-corrected chi connectivity index (χ2v) is 4.61. The number of carbonyl (C=O) groups is 2. The Kier molecular flexibility index (Phi) is 2.56. The molecule has 1 amide bonds. The average molecular weight is 246 g/mol. The molecule has 2 aliphatic heterocycles. The highest BCUT2D eigenvalue weighted by Gasteiger charge is 2.29. The van der Waals surface area contributed by atoms with E-state index in [9.17, 15) is 9.59 Å². The van der Waals surface area contributed by atoms with Crippen LogP contribution in [0.5, 0.6) is 0 Å². The fourth-order valence-corrected chi connectivity index (χ4v) is 2.49. The lowest BCUT2D eigenvalue weighted by molar-refractivity contribution is -0.112. The highest BCUT2D eigenvalue weighted by molar-refractivity contribution is 6.51. The van der Waals surface area contributed by atoms with Gasteiger partial charge in [-0.1, -0.05) is 0 Å². The molecule has 1 aromatic carbocycles. The number of nitrogens with zero attached hydrogens (tertiary/aromatic N) is 1. The molecule has 2 heterocycles. The van der Waals surface area contributed by atoms with Crippen LogP contribution in [-0.4, -0.2) is 38.0 Å². The van der Waals surface area contributed by atoms with Gasteiger partial charge in [0.25, 0.3) is 11.7 Å². The largest absolute Gasteiger partial charge is 0.380 e. The monoisotopic (exact) mass is 246 g/mol. The fraction of sp³-hybridized carbons (Fsp3) is 0.385. The molecule has 5 nitrogen and oxygen atoms in total. The molecule has 0 radical (unpaired) electrons. The number of ketones is 1. The zero-order valence-corrected chi connectivity index (χ0v) is 10.1. The number of carbonyl (C=O) groups excluding carboxylic acids is 2. The van der Waals surface area contributed by atoms with Crippen molar-refractivity contribution in [3.8, 4) is 0 Å². The lowest BCUT2D eigenvalue weighted by Gasteiger charge is -2.18. The Labute approximate surface area is 105 Å². The smallest absolute Gasteiger partial charge is 0.296 e. The molecule has 18 heavy (non-hydrogen) atoms. The van der Waals surface area contributed by atoms with Gasteiger partial charge in [-0.05, 0) is 24.6 Å². The van der Waals surface area contributed by atoms with Crippen molar-refractivity contribution in [3.63, 3.8) is 0 Å². The molecule has 1 N–H and O–H groups in total. The minimum atomic E-state index is -0.543. The molecule has 94 valence electrons. The van der Waals surface area contributed by atoms with Gasteiger partial charge in [0, 0.05) is 25.9 Å². The molecule has 1 unspecified atom stereocenters. The summed E-state index contributed by atoms with van der Waals surface area (Å²) in [4.78, 5) is 24.9. The molecular weight excluding hydrogens is 232 g/mol. The minimum Gasteiger partial charge on any atom is -0.380 e. The van der Waals surface area contributed by atoms with Gasteiger partial charge < -0.3 is 15.0 Å². The van der Waals surface area contributed by atoms with E-state index in [1.54, 1.807) is 13.2 Å². The molecule has 1 aromatic rings. The second-order valence-electron chi connectivity index (χ2n) is 4.61. The summed E-state index contributed by atoms with van der Waals surface area (Å²) in [5, 5.41) is 2.59. The third kappa shape index (κ3) is 1.67. The Bertz CT molecular complexity index is 527. The molecule has 0 aromatic heterocycles. The Balaban J connectivity index is 1.86. The van der Waals surface area contributed by atoms with Gasteiger partial charge in [0.2, 0.25) is 0 Å². The van der Waals surface area contributed by atoms with E-state index in [0.29, 0.717) is 11.3 Å². The first-order valence-corrected chi connectivity index (χ1v) is 5.96. The summed E-state index contributed by atoms with van der Waals surface area (Å²) in [5.41, 5.74) is 2.10. The standard InChI is InChI=1S/C13H14N2O3/c1-18-9-4-5-15(7-9)8-2-3-10-11(6-8)14-13(17)12(10)16/h2-3,6,9H,4-5,7H2,1H3,(H,14,16,17). The number of methoxy groups -OCH3 is 1. The predicted octanol–water partition coefficient (Wildman–Crippen LogP) is 1.05. The van der Waals surface area contributed by atoms with Crippen LogP contribution < -0.4 is 10.2 Å². The number of Topliss-reactive ketones (excluding diaryl/α,β-unsaturated/α-hetero) is 1. The van der Waals surface area contributed by atoms with Crippen LogP contribution in [0.2, 0.25) is 0 Å². The van der Waals surface area contributed by atoms with E-state index in [2.05, 4.69) is 10.2 Å². The maximum atomic E-state index is 11.5. The van der Waals surface area contributed by atoms with Crippen LogP contribution in [-0.2, 0) is 9.53 Å². The van der Waals surface area contributed by atoms with Crippen LogP contribution >= 0.6 is 0 Å². The van der Waals surface area contributed by atoms with Gasteiger partial charge in [-0.15, -0.1) is 0 Å². The Morgan fingerprint density at radius 1 is 1.39 bits per heavy atom. The van der Waals surface area contributed by atoms with E-state index in [0.717, 1.165) is 25.2 Å². The van der Waals surface area contributed by atoms with Crippen molar-refractivity contribution in [1.29, 1.82) is 0 Å². The molecule has 0 spiro atoms. The van der Waals surface area contributed by atoms with E-state index in [4.69, 9.17) is 4.74 Å². The van der Waals surface area contributed by atoms with Crippen molar-refractivity contribution in [1.82, 2.24) is 0 Å². The van der Waals surface area contributed by atoms with E-state index in [1.807, 2.05) is 12.1 Å². The maximum Gasteiger partial charge on any atom is 0.296 e. The van der Waals surface area contributed by atoms with Crippen LogP contribution in [0.4, 0.5) is 11.4 Å². The summed E-state index contributed by atoms with van der Waals surface area (Å²) < 4.78 is 5.32. The third-order valence-electron chi connectivity index (χ3n) is 3.55. The summed E-state index contributed by atoms with van der Waals surface area (Å²) in [7, 11) is 1.72. The van der Waals surface area contributed by atoms with Crippen LogP contribution in [0, 0.1) is 0 Å². The van der Waals surface area contributed by atoms with Gasteiger partial charge in [0.1, 0.15) is 0 Å². The fourth-order valence-electron chi connectivity index (χ4n) is 2.49. The van der Waals surface area contributed by atoms with Gasteiger partial charge in [0.15, 0.2) is 0 Å². The lowest BCUT2D eigenvalue weighted by Crippen LogP contribution is -2.22. The number of fused-ring (bicyclic) bond motifs is 1. The van der Waals surface area contributed by atoms with Gasteiger partial charge >= 0.3 is 0 Å². The van der Waals surface area contributed by atoms with Crippen molar-refractivity contribution in [2.24, 2.45) is 0 Å². The first kappa shape index (κ1) is 11.2. The Morgan fingerprint density at radius 2 is 2.22 bits per heavy atom.